The molecule has 0 aliphatic carbocycles. The van der Waals surface area contributed by atoms with Gasteiger partial charge in [0.05, 0.1) is 10.0 Å². The minimum absolute atomic E-state index is 0.0134. The number of carbonyl (C=O) groups excluding carboxylic acids is 2. The number of rotatable bonds is 9. The van der Waals surface area contributed by atoms with Crippen LogP contribution in [0.5, 0.6) is 5.75 Å². The minimum Gasteiger partial charge on any atom is -0.485 e. The van der Waals surface area contributed by atoms with Crippen molar-refractivity contribution >= 4 is 40.6 Å². The molecule has 2 aromatic rings. The van der Waals surface area contributed by atoms with Crippen molar-refractivity contribution in [3.8, 4) is 5.75 Å². The topological polar surface area (TPSA) is 55.4 Å². The molecule has 2 aromatic carbocycles. The molecule has 138 valence electrons. The molecule has 0 spiro atoms. The molecule has 26 heavy (non-hydrogen) atoms. The normalized spacial score (nSPS) is 10.4. The predicted octanol–water partition coefficient (Wildman–Crippen LogP) is 5.77. The van der Waals surface area contributed by atoms with E-state index in [9.17, 15) is 9.59 Å². The standard InChI is InChI=1S/C20H21Cl2NO3/c1-2-3-4-5-20(25)23-15-8-6-14(7-9-15)19(24)13-26-16-10-11-17(21)18(22)12-16/h6-12H,2-5,13H2,1H3,(H,23,25). The van der Waals surface area contributed by atoms with Gasteiger partial charge in [0.15, 0.2) is 12.4 Å². The number of anilines is 1. The summed E-state index contributed by atoms with van der Waals surface area (Å²) in [6, 6.07) is 11.6. The van der Waals surface area contributed by atoms with Crippen LogP contribution in [-0.2, 0) is 4.79 Å². The van der Waals surface area contributed by atoms with Gasteiger partial charge in [-0.1, -0.05) is 43.0 Å². The van der Waals surface area contributed by atoms with Gasteiger partial charge in [0, 0.05) is 23.7 Å². The van der Waals surface area contributed by atoms with Crippen LogP contribution in [0, 0.1) is 0 Å². The van der Waals surface area contributed by atoms with Gasteiger partial charge in [-0.15, -0.1) is 0 Å². The Morgan fingerprint density at radius 2 is 1.73 bits per heavy atom. The van der Waals surface area contributed by atoms with Gasteiger partial charge in [-0.3, -0.25) is 9.59 Å². The summed E-state index contributed by atoms with van der Waals surface area (Å²) in [6.45, 7) is 1.99. The number of ether oxygens (including phenoxy) is 1. The van der Waals surface area contributed by atoms with Crippen molar-refractivity contribution in [2.24, 2.45) is 0 Å². The first kappa shape index (κ1) is 20.3. The summed E-state index contributed by atoms with van der Waals surface area (Å²) in [5, 5.41) is 3.63. The number of benzene rings is 2. The van der Waals surface area contributed by atoms with Gasteiger partial charge in [-0.2, -0.15) is 0 Å². The Morgan fingerprint density at radius 3 is 2.38 bits per heavy atom. The maximum absolute atomic E-state index is 12.2. The molecule has 0 heterocycles. The van der Waals surface area contributed by atoms with Crippen molar-refractivity contribution in [2.45, 2.75) is 32.6 Å². The Kier molecular flexibility index (Phi) is 7.95. The van der Waals surface area contributed by atoms with Crippen molar-refractivity contribution in [1.82, 2.24) is 0 Å². The zero-order valence-corrected chi connectivity index (χ0v) is 16.1. The van der Waals surface area contributed by atoms with E-state index in [-0.39, 0.29) is 18.3 Å². The van der Waals surface area contributed by atoms with Gasteiger partial charge in [-0.25, -0.2) is 0 Å². The van der Waals surface area contributed by atoms with Crippen LogP contribution in [0.3, 0.4) is 0 Å². The Bertz CT molecular complexity index is 760. The van der Waals surface area contributed by atoms with Crippen LogP contribution in [0.2, 0.25) is 10.0 Å². The summed E-state index contributed by atoms with van der Waals surface area (Å²) in [5.74, 6) is 0.293. The highest BCUT2D eigenvalue weighted by Gasteiger charge is 2.09. The second-order valence-corrected chi connectivity index (χ2v) is 6.68. The summed E-state index contributed by atoms with van der Waals surface area (Å²) in [4.78, 5) is 24.0. The lowest BCUT2D eigenvalue weighted by molar-refractivity contribution is -0.116. The first-order valence-corrected chi connectivity index (χ1v) is 9.26. The van der Waals surface area contributed by atoms with Crippen molar-refractivity contribution in [3.05, 3.63) is 58.1 Å². The maximum atomic E-state index is 12.2. The molecule has 1 N–H and O–H groups in total. The number of halogens is 2. The molecule has 1 amide bonds. The lowest BCUT2D eigenvalue weighted by Crippen LogP contribution is -2.13. The molecule has 0 radical (unpaired) electrons. The van der Waals surface area contributed by atoms with Crippen LogP contribution in [0.15, 0.2) is 42.5 Å². The summed E-state index contributed by atoms with van der Waals surface area (Å²) >= 11 is 11.8. The van der Waals surface area contributed by atoms with Crippen LogP contribution in [0.25, 0.3) is 0 Å². The predicted molar refractivity (Wildman–Crippen MR) is 106 cm³/mol. The fourth-order valence-electron chi connectivity index (χ4n) is 2.30. The first-order chi connectivity index (χ1) is 12.5. The molecule has 2 rings (SSSR count). The lowest BCUT2D eigenvalue weighted by Gasteiger charge is -2.08. The van der Waals surface area contributed by atoms with Gasteiger partial charge in [0.1, 0.15) is 5.75 Å². The number of hydrogen-bond acceptors (Lipinski definition) is 3. The molecule has 0 fully saturated rings. The van der Waals surface area contributed by atoms with E-state index in [4.69, 9.17) is 27.9 Å². The van der Waals surface area contributed by atoms with Gasteiger partial charge < -0.3 is 10.1 Å². The third-order valence-corrected chi connectivity index (χ3v) is 4.50. The molecular weight excluding hydrogens is 373 g/mol. The van der Waals surface area contributed by atoms with Crippen molar-refractivity contribution < 1.29 is 14.3 Å². The molecule has 0 unspecified atom stereocenters. The van der Waals surface area contributed by atoms with Gasteiger partial charge >= 0.3 is 0 Å². The third kappa shape index (κ3) is 6.36. The number of amides is 1. The molecular formula is C20H21Cl2NO3. The van der Waals surface area contributed by atoms with E-state index in [1.54, 1.807) is 42.5 Å². The van der Waals surface area contributed by atoms with E-state index in [0.29, 0.717) is 33.5 Å². The van der Waals surface area contributed by atoms with Crippen molar-refractivity contribution in [2.75, 3.05) is 11.9 Å². The quantitative estimate of drug-likeness (QED) is 0.434. The van der Waals surface area contributed by atoms with Crippen LogP contribution in [0.1, 0.15) is 43.0 Å². The zero-order valence-electron chi connectivity index (χ0n) is 14.6. The van der Waals surface area contributed by atoms with Crippen molar-refractivity contribution in [3.63, 3.8) is 0 Å². The highest BCUT2D eigenvalue weighted by atomic mass is 35.5. The second kappa shape index (κ2) is 10.2. The smallest absolute Gasteiger partial charge is 0.224 e. The van der Waals surface area contributed by atoms with Crippen LogP contribution in [-0.4, -0.2) is 18.3 Å². The Labute approximate surface area is 163 Å². The van der Waals surface area contributed by atoms with Gasteiger partial charge in [0.25, 0.3) is 0 Å². The summed E-state index contributed by atoms with van der Waals surface area (Å²) < 4.78 is 5.45. The largest absolute Gasteiger partial charge is 0.485 e. The molecule has 0 aromatic heterocycles. The highest BCUT2D eigenvalue weighted by Crippen LogP contribution is 2.26. The molecule has 4 nitrogen and oxygen atoms in total. The summed E-state index contributed by atoms with van der Waals surface area (Å²) in [5.41, 5.74) is 1.18. The van der Waals surface area contributed by atoms with E-state index in [2.05, 4.69) is 12.2 Å². The van der Waals surface area contributed by atoms with E-state index >= 15 is 0 Å². The zero-order chi connectivity index (χ0) is 18.9. The molecule has 0 atom stereocenters. The van der Waals surface area contributed by atoms with E-state index in [1.165, 1.54) is 0 Å². The SMILES string of the molecule is CCCCCC(=O)Nc1ccc(C(=O)COc2ccc(Cl)c(Cl)c2)cc1. The highest BCUT2D eigenvalue weighted by molar-refractivity contribution is 6.42. The van der Waals surface area contributed by atoms with Crippen LogP contribution >= 0.6 is 23.2 Å². The summed E-state index contributed by atoms with van der Waals surface area (Å²) in [7, 11) is 0. The number of hydrogen-bond donors (Lipinski definition) is 1. The van der Waals surface area contributed by atoms with Crippen LogP contribution in [0.4, 0.5) is 5.69 Å². The number of ketones is 1. The molecule has 0 bridgehead atoms. The number of nitrogens with one attached hydrogen (secondary N) is 1. The van der Waals surface area contributed by atoms with Crippen molar-refractivity contribution in [1.29, 1.82) is 0 Å². The third-order valence-electron chi connectivity index (χ3n) is 3.76. The Hall–Kier alpha value is -2.04. The molecule has 6 heteroatoms. The maximum Gasteiger partial charge on any atom is 0.224 e. The number of Topliss-reactive ketones (excluding diaryl/α,β-unsaturated/α-hetero) is 1. The monoisotopic (exact) mass is 393 g/mol. The average molecular weight is 394 g/mol. The van der Waals surface area contributed by atoms with E-state index in [0.717, 1.165) is 19.3 Å². The molecule has 0 aliphatic rings. The lowest BCUT2D eigenvalue weighted by atomic mass is 10.1. The Morgan fingerprint density at radius 1 is 1.00 bits per heavy atom. The minimum atomic E-state index is -0.170. The summed E-state index contributed by atoms with van der Waals surface area (Å²) in [6.07, 6.45) is 3.51. The average Bonchev–Trinajstić information content (AvgIpc) is 2.63. The van der Waals surface area contributed by atoms with Gasteiger partial charge in [0.2, 0.25) is 5.91 Å². The van der Waals surface area contributed by atoms with E-state index < -0.39 is 0 Å². The number of carbonyl (C=O) groups is 2. The second-order valence-electron chi connectivity index (χ2n) is 5.87. The molecule has 0 saturated carbocycles. The fraction of sp³-hybridized carbons (Fsp3) is 0.300. The van der Waals surface area contributed by atoms with Crippen LogP contribution < -0.4 is 10.1 Å². The van der Waals surface area contributed by atoms with Gasteiger partial charge in [-0.05, 0) is 42.8 Å². The first-order valence-electron chi connectivity index (χ1n) is 8.50. The Balaban J connectivity index is 1.85. The number of unbranched alkanes of at least 4 members (excludes halogenated alkanes) is 2. The molecule has 0 aliphatic heterocycles. The fourth-order valence-corrected chi connectivity index (χ4v) is 2.59. The molecule has 0 saturated heterocycles. The van der Waals surface area contributed by atoms with E-state index in [1.807, 2.05) is 0 Å².